The summed E-state index contributed by atoms with van der Waals surface area (Å²) >= 11 is 3.71. The fourth-order valence-corrected chi connectivity index (χ4v) is 3.37. The van der Waals surface area contributed by atoms with Crippen molar-refractivity contribution in [2.75, 3.05) is 6.54 Å². The lowest BCUT2D eigenvalue weighted by molar-refractivity contribution is 0.0953. The fourth-order valence-electron chi connectivity index (χ4n) is 1.94. The van der Waals surface area contributed by atoms with Gasteiger partial charge in [0.1, 0.15) is 0 Å². The molecule has 0 aliphatic rings. The van der Waals surface area contributed by atoms with E-state index in [4.69, 9.17) is 0 Å². The molecule has 7 heteroatoms. The van der Waals surface area contributed by atoms with E-state index in [1.807, 2.05) is 41.9 Å². The molecule has 0 saturated heterocycles. The Labute approximate surface area is 145 Å². The van der Waals surface area contributed by atoms with Gasteiger partial charge < -0.3 is 5.32 Å². The number of thiazole rings is 1. The summed E-state index contributed by atoms with van der Waals surface area (Å²) < 4.78 is 2.69. The highest BCUT2D eigenvalue weighted by molar-refractivity contribution is 14.1. The number of aromatic nitrogens is 3. The Kier molecular flexibility index (Phi) is 4.84. The monoisotopic (exact) mass is 424 g/mol. The summed E-state index contributed by atoms with van der Waals surface area (Å²) in [6.07, 6.45) is 4.29. The van der Waals surface area contributed by atoms with Crippen molar-refractivity contribution in [1.29, 1.82) is 0 Å². The zero-order chi connectivity index (χ0) is 15.4. The van der Waals surface area contributed by atoms with Gasteiger partial charge >= 0.3 is 0 Å². The van der Waals surface area contributed by atoms with Crippen molar-refractivity contribution in [3.63, 3.8) is 0 Å². The predicted octanol–water partition coefficient (Wildman–Crippen LogP) is 2.91. The first-order chi connectivity index (χ1) is 10.7. The molecule has 0 aliphatic heterocycles. The van der Waals surface area contributed by atoms with E-state index in [9.17, 15) is 4.79 Å². The van der Waals surface area contributed by atoms with Crippen molar-refractivity contribution in [3.05, 3.63) is 62.9 Å². The lowest BCUT2D eigenvalue weighted by Crippen LogP contribution is -2.26. The molecule has 1 aromatic carbocycles. The zero-order valence-corrected chi connectivity index (χ0v) is 14.5. The van der Waals surface area contributed by atoms with Gasteiger partial charge in [-0.25, -0.2) is 9.67 Å². The molecular weight excluding hydrogens is 411 g/mol. The molecule has 0 unspecified atom stereocenters. The van der Waals surface area contributed by atoms with Crippen LogP contribution in [0.2, 0.25) is 0 Å². The number of hydrogen-bond acceptors (Lipinski definition) is 4. The second-order valence-corrected chi connectivity index (χ2v) is 6.56. The van der Waals surface area contributed by atoms with Crippen molar-refractivity contribution >= 4 is 39.8 Å². The normalized spacial score (nSPS) is 10.6. The molecule has 2 aromatic heterocycles. The minimum atomic E-state index is -0.0486. The van der Waals surface area contributed by atoms with Gasteiger partial charge in [0.2, 0.25) is 5.13 Å². The Balaban J connectivity index is 1.55. The molecule has 0 spiro atoms. The van der Waals surface area contributed by atoms with Crippen LogP contribution in [0.3, 0.4) is 0 Å². The number of amides is 1. The largest absolute Gasteiger partial charge is 0.352 e. The number of carbonyl (C=O) groups excluding carboxylic acids is 1. The number of rotatable bonds is 5. The molecule has 5 nitrogen and oxygen atoms in total. The Morgan fingerprint density at radius 2 is 2.18 bits per heavy atom. The van der Waals surface area contributed by atoms with Gasteiger partial charge in [-0.15, -0.1) is 11.3 Å². The fraction of sp³-hybridized carbons (Fsp3) is 0.133. The summed E-state index contributed by atoms with van der Waals surface area (Å²) in [5.74, 6) is -0.0486. The van der Waals surface area contributed by atoms with Gasteiger partial charge in [-0.3, -0.25) is 4.79 Å². The lowest BCUT2D eigenvalue weighted by atomic mass is 10.2. The van der Waals surface area contributed by atoms with Gasteiger partial charge in [-0.2, -0.15) is 5.10 Å². The van der Waals surface area contributed by atoms with Gasteiger partial charge in [0, 0.05) is 34.3 Å². The van der Waals surface area contributed by atoms with Crippen molar-refractivity contribution < 1.29 is 4.79 Å². The smallest absolute Gasteiger partial charge is 0.252 e. The zero-order valence-electron chi connectivity index (χ0n) is 11.6. The second-order valence-electron chi connectivity index (χ2n) is 4.56. The third-order valence-corrected chi connectivity index (χ3v) is 4.84. The standard InChI is InChI=1S/C15H13IN4OS/c16-13-5-2-1-4-12(13)14(21)17-8-6-11-10-22-15(19-11)20-9-3-7-18-20/h1-5,7,9-10H,6,8H2,(H,17,21). The molecule has 3 rings (SSSR count). The van der Waals surface area contributed by atoms with Crippen LogP contribution in [-0.2, 0) is 6.42 Å². The van der Waals surface area contributed by atoms with Crippen LogP contribution in [0.15, 0.2) is 48.1 Å². The quantitative estimate of drug-likeness (QED) is 0.641. The van der Waals surface area contributed by atoms with Gasteiger partial charge in [-0.1, -0.05) is 12.1 Å². The van der Waals surface area contributed by atoms with Crippen LogP contribution in [-0.4, -0.2) is 27.2 Å². The minimum absolute atomic E-state index is 0.0486. The Hall–Kier alpha value is -1.74. The van der Waals surface area contributed by atoms with E-state index in [0.29, 0.717) is 18.5 Å². The number of benzene rings is 1. The van der Waals surface area contributed by atoms with Gasteiger partial charge in [0.25, 0.3) is 5.91 Å². The molecule has 0 bridgehead atoms. The molecule has 1 N–H and O–H groups in total. The topological polar surface area (TPSA) is 59.8 Å². The first-order valence-corrected chi connectivity index (χ1v) is 8.67. The maximum atomic E-state index is 12.1. The molecule has 112 valence electrons. The average molecular weight is 424 g/mol. The molecular formula is C15H13IN4OS. The van der Waals surface area contributed by atoms with E-state index < -0.39 is 0 Å². The molecule has 22 heavy (non-hydrogen) atoms. The van der Waals surface area contributed by atoms with Crippen LogP contribution >= 0.6 is 33.9 Å². The van der Waals surface area contributed by atoms with E-state index in [0.717, 1.165) is 14.4 Å². The number of nitrogens with one attached hydrogen (secondary N) is 1. The van der Waals surface area contributed by atoms with Crippen molar-refractivity contribution in [2.24, 2.45) is 0 Å². The molecule has 2 heterocycles. The van der Waals surface area contributed by atoms with E-state index in [1.165, 1.54) is 0 Å². The molecule has 3 aromatic rings. The Morgan fingerprint density at radius 3 is 2.95 bits per heavy atom. The number of nitrogens with zero attached hydrogens (tertiary/aromatic N) is 3. The van der Waals surface area contributed by atoms with E-state index in [2.05, 4.69) is 38.0 Å². The summed E-state index contributed by atoms with van der Waals surface area (Å²) in [6, 6.07) is 9.41. The first-order valence-electron chi connectivity index (χ1n) is 6.71. The maximum Gasteiger partial charge on any atom is 0.252 e. The summed E-state index contributed by atoms with van der Waals surface area (Å²) in [5.41, 5.74) is 1.66. The summed E-state index contributed by atoms with van der Waals surface area (Å²) in [6.45, 7) is 0.562. The van der Waals surface area contributed by atoms with Gasteiger partial charge in [0.15, 0.2) is 0 Å². The minimum Gasteiger partial charge on any atom is -0.352 e. The number of halogens is 1. The van der Waals surface area contributed by atoms with Crippen molar-refractivity contribution in [1.82, 2.24) is 20.1 Å². The first kappa shape index (κ1) is 15.2. The van der Waals surface area contributed by atoms with E-state index in [-0.39, 0.29) is 5.91 Å². The summed E-state index contributed by atoms with van der Waals surface area (Å²) in [4.78, 5) is 16.6. The van der Waals surface area contributed by atoms with Crippen LogP contribution in [0, 0.1) is 3.57 Å². The third-order valence-electron chi connectivity index (χ3n) is 3.03. The Morgan fingerprint density at radius 1 is 1.32 bits per heavy atom. The molecule has 0 radical (unpaired) electrons. The second kappa shape index (κ2) is 7.01. The van der Waals surface area contributed by atoms with Crippen LogP contribution in [0.5, 0.6) is 0 Å². The van der Waals surface area contributed by atoms with Crippen LogP contribution in [0.25, 0.3) is 5.13 Å². The van der Waals surface area contributed by atoms with Crippen LogP contribution in [0.4, 0.5) is 0 Å². The number of carbonyl (C=O) groups is 1. The van der Waals surface area contributed by atoms with E-state index >= 15 is 0 Å². The summed E-state index contributed by atoms with van der Waals surface area (Å²) in [7, 11) is 0. The highest BCUT2D eigenvalue weighted by Crippen LogP contribution is 2.14. The Bertz CT molecular complexity index is 769. The molecule has 0 atom stereocenters. The maximum absolute atomic E-state index is 12.1. The van der Waals surface area contributed by atoms with Crippen molar-refractivity contribution in [3.8, 4) is 5.13 Å². The molecule has 1 amide bonds. The van der Waals surface area contributed by atoms with Crippen LogP contribution < -0.4 is 5.32 Å². The molecule has 0 saturated carbocycles. The van der Waals surface area contributed by atoms with Gasteiger partial charge in [0.05, 0.1) is 11.3 Å². The number of hydrogen-bond donors (Lipinski definition) is 1. The van der Waals surface area contributed by atoms with E-state index in [1.54, 1.807) is 22.2 Å². The van der Waals surface area contributed by atoms with Crippen molar-refractivity contribution in [2.45, 2.75) is 6.42 Å². The predicted molar refractivity (Wildman–Crippen MR) is 94.4 cm³/mol. The lowest BCUT2D eigenvalue weighted by Gasteiger charge is -2.05. The average Bonchev–Trinajstić information content (AvgIpc) is 3.18. The van der Waals surface area contributed by atoms with Crippen LogP contribution in [0.1, 0.15) is 16.1 Å². The highest BCUT2D eigenvalue weighted by Gasteiger charge is 2.09. The van der Waals surface area contributed by atoms with Gasteiger partial charge in [-0.05, 0) is 40.8 Å². The third kappa shape index (κ3) is 3.53. The highest BCUT2D eigenvalue weighted by atomic mass is 127. The summed E-state index contributed by atoms with van der Waals surface area (Å²) in [5, 5.41) is 9.91. The molecule has 0 fully saturated rings. The molecule has 0 aliphatic carbocycles. The SMILES string of the molecule is O=C(NCCc1csc(-n2cccn2)n1)c1ccccc1I.